The number of rotatable bonds is 7. The van der Waals surface area contributed by atoms with Gasteiger partial charge in [-0.25, -0.2) is 4.68 Å². The lowest BCUT2D eigenvalue weighted by atomic mass is 10.0. The highest BCUT2D eigenvalue weighted by molar-refractivity contribution is 5.94. The Morgan fingerprint density at radius 1 is 1.06 bits per heavy atom. The van der Waals surface area contributed by atoms with Crippen LogP contribution in [0.1, 0.15) is 52.1 Å². The van der Waals surface area contributed by atoms with Crippen LogP contribution in [0, 0.1) is 13.8 Å². The second kappa shape index (κ2) is 10.0. The third kappa shape index (κ3) is 5.00. The predicted molar refractivity (Wildman–Crippen MR) is 128 cm³/mol. The summed E-state index contributed by atoms with van der Waals surface area (Å²) in [6.07, 6.45) is 3.90. The number of aryl methyl sites for hydroxylation is 1. The number of nitrogens with zero attached hydrogens (tertiary/aromatic N) is 3. The van der Waals surface area contributed by atoms with Gasteiger partial charge in [-0.2, -0.15) is 5.10 Å². The largest absolute Gasteiger partial charge is 0.469 e. The maximum absolute atomic E-state index is 13.3. The lowest BCUT2D eigenvalue weighted by Crippen LogP contribution is -2.36. The molecular formula is C27H31N3O3. The van der Waals surface area contributed by atoms with Crippen molar-refractivity contribution >= 4 is 11.9 Å². The number of carbonyl (C=O) groups is 2. The van der Waals surface area contributed by atoms with Crippen LogP contribution in [0.25, 0.3) is 5.69 Å². The first kappa shape index (κ1) is 22.8. The van der Waals surface area contributed by atoms with E-state index < -0.39 is 0 Å². The van der Waals surface area contributed by atoms with Crippen molar-refractivity contribution in [2.45, 2.75) is 52.0 Å². The van der Waals surface area contributed by atoms with Gasteiger partial charge in [0.15, 0.2) is 0 Å². The number of amides is 1. The molecule has 1 amide bonds. The van der Waals surface area contributed by atoms with Crippen LogP contribution in [0.3, 0.4) is 0 Å². The van der Waals surface area contributed by atoms with Crippen LogP contribution in [0.4, 0.5) is 0 Å². The average molecular weight is 446 g/mol. The third-order valence-electron chi connectivity index (χ3n) is 6.56. The highest BCUT2D eigenvalue weighted by Crippen LogP contribution is 2.25. The summed E-state index contributed by atoms with van der Waals surface area (Å²) < 4.78 is 6.64. The first-order valence-corrected chi connectivity index (χ1v) is 11.5. The number of hydrogen-bond acceptors (Lipinski definition) is 4. The van der Waals surface area contributed by atoms with E-state index in [2.05, 4.69) is 29.4 Å². The Morgan fingerprint density at radius 3 is 2.48 bits per heavy atom. The molecule has 1 aliphatic heterocycles. The Morgan fingerprint density at radius 2 is 1.79 bits per heavy atom. The maximum atomic E-state index is 13.3. The highest BCUT2D eigenvalue weighted by Gasteiger charge is 2.29. The van der Waals surface area contributed by atoms with E-state index in [0.717, 1.165) is 48.4 Å². The highest BCUT2D eigenvalue weighted by atomic mass is 16.5. The van der Waals surface area contributed by atoms with Crippen LogP contribution in [-0.4, -0.2) is 46.3 Å². The minimum absolute atomic E-state index is 0.0899. The number of likely N-dealkylation sites (tertiary alicyclic amines) is 1. The minimum Gasteiger partial charge on any atom is -0.469 e. The molecule has 1 saturated heterocycles. The molecule has 1 atom stereocenters. The molecule has 0 spiro atoms. The van der Waals surface area contributed by atoms with E-state index in [-0.39, 0.29) is 17.9 Å². The molecule has 0 saturated carbocycles. The van der Waals surface area contributed by atoms with Crippen molar-refractivity contribution in [2.24, 2.45) is 0 Å². The second-order valence-corrected chi connectivity index (χ2v) is 8.67. The standard InChI is InChI=1S/C27H31N3O3/c1-19-25(15-16-26(31)33-3)20(2)30(28-19)23-13-11-22(12-14-23)27(32)29-17-7-10-24(29)18-21-8-5-4-6-9-21/h4-6,8-9,11-14,24H,7,10,15-18H2,1-3H3. The summed E-state index contributed by atoms with van der Waals surface area (Å²) in [4.78, 5) is 26.8. The van der Waals surface area contributed by atoms with E-state index >= 15 is 0 Å². The van der Waals surface area contributed by atoms with Gasteiger partial charge in [0.1, 0.15) is 0 Å². The van der Waals surface area contributed by atoms with Crippen molar-refractivity contribution in [3.05, 3.63) is 82.7 Å². The van der Waals surface area contributed by atoms with Gasteiger partial charge in [-0.1, -0.05) is 30.3 Å². The lowest BCUT2D eigenvalue weighted by Gasteiger charge is -2.25. The molecule has 1 fully saturated rings. The molecule has 0 aliphatic carbocycles. The number of ether oxygens (including phenoxy) is 1. The van der Waals surface area contributed by atoms with Gasteiger partial charge in [0, 0.05) is 30.3 Å². The van der Waals surface area contributed by atoms with E-state index in [4.69, 9.17) is 4.74 Å². The molecule has 0 N–H and O–H groups in total. The van der Waals surface area contributed by atoms with Crippen molar-refractivity contribution < 1.29 is 14.3 Å². The van der Waals surface area contributed by atoms with E-state index in [9.17, 15) is 9.59 Å². The monoisotopic (exact) mass is 445 g/mol. The smallest absolute Gasteiger partial charge is 0.305 e. The fraction of sp³-hybridized carbons (Fsp3) is 0.370. The van der Waals surface area contributed by atoms with Gasteiger partial charge in [-0.3, -0.25) is 9.59 Å². The molecular weight excluding hydrogens is 414 g/mol. The summed E-state index contributed by atoms with van der Waals surface area (Å²) in [6.45, 7) is 4.76. The van der Waals surface area contributed by atoms with Crippen molar-refractivity contribution in [1.82, 2.24) is 14.7 Å². The van der Waals surface area contributed by atoms with Crippen molar-refractivity contribution in [2.75, 3.05) is 13.7 Å². The number of carbonyl (C=O) groups excluding carboxylic acids is 2. The molecule has 0 bridgehead atoms. The zero-order valence-electron chi connectivity index (χ0n) is 19.6. The first-order chi connectivity index (χ1) is 16.0. The van der Waals surface area contributed by atoms with E-state index in [1.807, 2.05) is 53.8 Å². The van der Waals surface area contributed by atoms with Crippen LogP contribution in [0.15, 0.2) is 54.6 Å². The quantitative estimate of drug-likeness (QED) is 0.504. The molecule has 33 heavy (non-hydrogen) atoms. The molecule has 1 aliphatic rings. The Kier molecular flexibility index (Phi) is 6.92. The van der Waals surface area contributed by atoms with Gasteiger partial charge in [-0.15, -0.1) is 0 Å². The molecule has 1 unspecified atom stereocenters. The normalized spacial score (nSPS) is 15.6. The van der Waals surface area contributed by atoms with Gasteiger partial charge in [0.2, 0.25) is 0 Å². The maximum Gasteiger partial charge on any atom is 0.305 e. The van der Waals surface area contributed by atoms with Crippen LogP contribution in [0.2, 0.25) is 0 Å². The topological polar surface area (TPSA) is 64.4 Å². The Labute approximate surface area is 195 Å². The molecule has 4 rings (SSSR count). The number of esters is 1. The molecule has 1 aromatic heterocycles. The fourth-order valence-electron chi connectivity index (χ4n) is 4.73. The number of aromatic nitrogens is 2. The zero-order valence-corrected chi connectivity index (χ0v) is 19.6. The van der Waals surface area contributed by atoms with Crippen molar-refractivity contribution in [3.63, 3.8) is 0 Å². The van der Waals surface area contributed by atoms with Gasteiger partial charge in [0.05, 0.1) is 18.5 Å². The van der Waals surface area contributed by atoms with Crippen molar-refractivity contribution in [3.8, 4) is 5.69 Å². The molecule has 172 valence electrons. The van der Waals surface area contributed by atoms with Crippen LogP contribution < -0.4 is 0 Å². The Balaban J connectivity index is 1.48. The molecule has 2 aromatic carbocycles. The summed E-state index contributed by atoms with van der Waals surface area (Å²) in [5.41, 5.74) is 5.83. The minimum atomic E-state index is -0.225. The number of methoxy groups -OCH3 is 1. The summed E-state index contributed by atoms with van der Waals surface area (Å²) >= 11 is 0. The molecule has 3 aromatic rings. The number of hydrogen-bond donors (Lipinski definition) is 0. The Bertz CT molecular complexity index is 1120. The van der Waals surface area contributed by atoms with E-state index in [0.29, 0.717) is 18.4 Å². The summed E-state index contributed by atoms with van der Waals surface area (Å²) in [7, 11) is 1.40. The van der Waals surface area contributed by atoms with Crippen molar-refractivity contribution in [1.29, 1.82) is 0 Å². The van der Waals surface area contributed by atoms with Crippen LogP contribution in [0.5, 0.6) is 0 Å². The van der Waals surface area contributed by atoms with Gasteiger partial charge >= 0.3 is 5.97 Å². The SMILES string of the molecule is COC(=O)CCc1c(C)nn(-c2ccc(C(=O)N3CCCC3Cc3ccccc3)cc2)c1C. The molecule has 2 heterocycles. The summed E-state index contributed by atoms with van der Waals surface area (Å²) in [5.74, 6) is -0.135. The first-order valence-electron chi connectivity index (χ1n) is 11.5. The molecule has 6 heteroatoms. The third-order valence-corrected chi connectivity index (χ3v) is 6.56. The zero-order chi connectivity index (χ0) is 23.4. The Hall–Kier alpha value is -3.41. The number of benzene rings is 2. The average Bonchev–Trinajstić information content (AvgIpc) is 3.41. The van der Waals surface area contributed by atoms with E-state index in [1.54, 1.807) is 0 Å². The lowest BCUT2D eigenvalue weighted by molar-refractivity contribution is -0.140. The summed E-state index contributed by atoms with van der Waals surface area (Å²) in [5, 5.41) is 4.66. The van der Waals surface area contributed by atoms with Crippen LogP contribution >= 0.6 is 0 Å². The van der Waals surface area contributed by atoms with Gasteiger partial charge in [-0.05, 0) is 74.9 Å². The van der Waals surface area contributed by atoms with E-state index in [1.165, 1.54) is 12.7 Å². The van der Waals surface area contributed by atoms with Gasteiger partial charge < -0.3 is 9.64 Å². The predicted octanol–water partition coefficient (Wildman–Crippen LogP) is 4.44. The van der Waals surface area contributed by atoms with Gasteiger partial charge in [0.25, 0.3) is 5.91 Å². The van der Waals surface area contributed by atoms with Crippen LogP contribution in [-0.2, 0) is 22.4 Å². The second-order valence-electron chi connectivity index (χ2n) is 8.67. The summed E-state index contributed by atoms with van der Waals surface area (Å²) in [6, 6.07) is 18.3. The fourth-order valence-corrected chi connectivity index (χ4v) is 4.73. The molecule has 0 radical (unpaired) electrons. The molecule has 6 nitrogen and oxygen atoms in total.